The molecule has 0 heterocycles. The van der Waals surface area contributed by atoms with Gasteiger partial charge in [-0.2, -0.15) is 0 Å². The molecule has 0 unspecified atom stereocenters. The zero-order chi connectivity index (χ0) is 13.3. The molecule has 1 rings (SSSR count). The number of rotatable bonds is 9. The van der Waals surface area contributed by atoms with Gasteiger partial charge in [-0.25, -0.2) is 4.57 Å². The summed E-state index contributed by atoms with van der Waals surface area (Å²) < 4.78 is 10.6. The predicted molar refractivity (Wildman–Crippen MR) is 76.9 cm³/mol. The van der Waals surface area contributed by atoms with Crippen molar-refractivity contribution in [1.82, 2.24) is 10.6 Å². The third-order valence-electron chi connectivity index (χ3n) is 3.11. The van der Waals surface area contributed by atoms with E-state index in [1.54, 1.807) is 0 Å². The summed E-state index contributed by atoms with van der Waals surface area (Å²) >= 11 is 0.709. The Morgan fingerprint density at radius 2 is 1.83 bits per heavy atom. The molecule has 5 nitrogen and oxygen atoms in total. The molecule has 1 aliphatic rings. The van der Waals surface area contributed by atoms with Crippen LogP contribution in [0.25, 0.3) is 0 Å². The lowest BCUT2D eigenvalue weighted by Gasteiger charge is -2.22. The van der Waals surface area contributed by atoms with Crippen molar-refractivity contribution in [3.63, 3.8) is 0 Å². The summed E-state index contributed by atoms with van der Waals surface area (Å²) in [5.41, 5.74) is 0. The van der Waals surface area contributed by atoms with Crippen molar-refractivity contribution in [2.45, 2.75) is 44.6 Å². The highest BCUT2D eigenvalue weighted by molar-refractivity contribution is 8.54. The average molecular weight is 296 g/mol. The molecule has 18 heavy (non-hydrogen) atoms. The maximum Gasteiger partial charge on any atom is 0.384 e. The SMILES string of the molecule is O=P(O)(O)SCCNCCCNC1CCCCC1. The Morgan fingerprint density at radius 3 is 2.50 bits per heavy atom. The second-order valence-corrected chi connectivity index (χ2v) is 8.57. The van der Waals surface area contributed by atoms with Crippen molar-refractivity contribution in [2.24, 2.45) is 0 Å². The van der Waals surface area contributed by atoms with E-state index < -0.39 is 6.80 Å². The minimum absolute atomic E-state index is 0.459. The van der Waals surface area contributed by atoms with Crippen molar-refractivity contribution in [3.05, 3.63) is 0 Å². The zero-order valence-corrected chi connectivity index (χ0v) is 12.5. The molecule has 0 bridgehead atoms. The van der Waals surface area contributed by atoms with Crippen LogP contribution in [0, 0.1) is 0 Å². The first-order valence-corrected chi connectivity index (χ1v) is 9.92. The quantitative estimate of drug-likeness (QED) is 0.383. The van der Waals surface area contributed by atoms with E-state index in [-0.39, 0.29) is 0 Å². The van der Waals surface area contributed by atoms with Crippen LogP contribution in [-0.2, 0) is 4.57 Å². The summed E-state index contributed by atoms with van der Waals surface area (Å²) in [6.07, 6.45) is 7.79. The molecule has 0 atom stereocenters. The Hall–Kier alpha value is 0.420. The lowest BCUT2D eigenvalue weighted by Crippen LogP contribution is -2.33. The first-order valence-electron chi connectivity index (χ1n) is 6.72. The van der Waals surface area contributed by atoms with Crippen molar-refractivity contribution in [1.29, 1.82) is 0 Å². The summed E-state index contributed by atoms with van der Waals surface area (Å²) in [5.74, 6) is 0.459. The topological polar surface area (TPSA) is 81.6 Å². The van der Waals surface area contributed by atoms with Gasteiger partial charge in [0.2, 0.25) is 0 Å². The highest BCUT2D eigenvalue weighted by Crippen LogP contribution is 2.49. The molecule has 0 aliphatic heterocycles. The first kappa shape index (κ1) is 16.5. The van der Waals surface area contributed by atoms with Gasteiger partial charge in [-0.05, 0) is 43.7 Å². The Labute approximate surface area is 113 Å². The fourth-order valence-corrected chi connectivity index (χ4v) is 3.65. The maximum absolute atomic E-state index is 10.6. The lowest BCUT2D eigenvalue weighted by atomic mass is 9.95. The van der Waals surface area contributed by atoms with E-state index in [0.717, 1.165) is 19.5 Å². The third-order valence-corrected chi connectivity index (χ3v) is 5.39. The maximum atomic E-state index is 10.6. The van der Waals surface area contributed by atoms with E-state index in [1.165, 1.54) is 32.1 Å². The summed E-state index contributed by atoms with van der Waals surface area (Å²) in [7, 11) is 0. The fourth-order valence-electron chi connectivity index (χ4n) is 2.19. The van der Waals surface area contributed by atoms with Gasteiger partial charge in [0.05, 0.1) is 0 Å². The minimum atomic E-state index is -3.88. The smallest absolute Gasteiger partial charge is 0.317 e. The van der Waals surface area contributed by atoms with Crippen molar-refractivity contribution < 1.29 is 14.4 Å². The highest BCUT2D eigenvalue weighted by atomic mass is 32.7. The normalized spacial score (nSPS) is 18.1. The fraction of sp³-hybridized carbons (Fsp3) is 1.00. The Bertz CT molecular complexity index is 257. The summed E-state index contributed by atoms with van der Waals surface area (Å²) in [4.78, 5) is 17.3. The monoisotopic (exact) mass is 296 g/mol. The first-order chi connectivity index (χ1) is 8.58. The second-order valence-electron chi connectivity index (χ2n) is 4.72. The molecule has 0 aromatic rings. The average Bonchev–Trinajstić information content (AvgIpc) is 2.32. The number of nitrogens with one attached hydrogen (secondary N) is 2. The van der Waals surface area contributed by atoms with Gasteiger partial charge in [-0.1, -0.05) is 19.3 Å². The molecule has 0 aromatic carbocycles. The number of hydrogen-bond acceptors (Lipinski definition) is 4. The zero-order valence-electron chi connectivity index (χ0n) is 10.8. The summed E-state index contributed by atoms with van der Waals surface area (Å²) in [6.45, 7) is -1.29. The summed E-state index contributed by atoms with van der Waals surface area (Å²) in [6, 6.07) is 0.712. The van der Waals surface area contributed by atoms with Crippen LogP contribution in [0.15, 0.2) is 0 Å². The Balaban J connectivity index is 1.82. The second kappa shape index (κ2) is 9.34. The van der Waals surface area contributed by atoms with Gasteiger partial charge in [-0.3, -0.25) is 0 Å². The van der Waals surface area contributed by atoms with Crippen LogP contribution in [0.1, 0.15) is 38.5 Å². The predicted octanol–water partition coefficient (Wildman–Crippen LogP) is 1.71. The minimum Gasteiger partial charge on any atom is -0.317 e. The van der Waals surface area contributed by atoms with Gasteiger partial charge in [0, 0.05) is 18.3 Å². The van der Waals surface area contributed by atoms with Crippen LogP contribution in [-0.4, -0.2) is 41.2 Å². The van der Waals surface area contributed by atoms with Gasteiger partial charge in [0.1, 0.15) is 0 Å². The molecular weight excluding hydrogens is 271 g/mol. The van der Waals surface area contributed by atoms with Gasteiger partial charge >= 0.3 is 6.80 Å². The molecule has 0 saturated heterocycles. The van der Waals surface area contributed by atoms with Crippen molar-refractivity contribution in [3.8, 4) is 0 Å². The largest absolute Gasteiger partial charge is 0.384 e. The molecule has 108 valence electrons. The van der Waals surface area contributed by atoms with E-state index in [1.807, 2.05) is 0 Å². The molecule has 0 radical (unpaired) electrons. The highest BCUT2D eigenvalue weighted by Gasteiger charge is 2.12. The lowest BCUT2D eigenvalue weighted by molar-refractivity contribution is 0.371. The molecule has 0 spiro atoms. The van der Waals surface area contributed by atoms with E-state index in [2.05, 4.69) is 10.6 Å². The Kier molecular flexibility index (Phi) is 8.55. The molecule has 1 aliphatic carbocycles. The molecule has 0 aromatic heterocycles. The van der Waals surface area contributed by atoms with Crippen LogP contribution >= 0.6 is 18.2 Å². The molecule has 1 fully saturated rings. The van der Waals surface area contributed by atoms with Crippen LogP contribution in [0.3, 0.4) is 0 Å². The van der Waals surface area contributed by atoms with E-state index in [0.29, 0.717) is 29.7 Å². The third kappa shape index (κ3) is 9.36. The van der Waals surface area contributed by atoms with Gasteiger partial charge in [0.25, 0.3) is 0 Å². The molecule has 0 amide bonds. The van der Waals surface area contributed by atoms with Gasteiger partial charge < -0.3 is 20.4 Å². The molecule has 4 N–H and O–H groups in total. The van der Waals surface area contributed by atoms with E-state index >= 15 is 0 Å². The van der Waals surface area contributed by atoms with Crippen LogP contribution in [0.4, 0.5) is 0 Å². The van der Waals surface area contributed by atoms with Crippen LogP contribution in [0.5, 0.6) is 0 Å². The van der Waals surface area contributed by atoms with Crippen LogP contribution < -0.4 is 10.6 Å². The van der Waals surface area contributed by atoms with Gasteiger partial charge in [-0.15, -0.1) is 0 Å². The van der Waals surface area contributed by atoms with Crippen molar-refractivity contribution >= 4 is 18.2 Å². The Morgan fingerprint density at radius 1 is 1.11 bits per heavy atom. The number of hydrogen-bond donors (Lipinski definition) is 4. The van der Waals surface area contributed by atoms with Crippen molar-refractivity contribution in [2.75, 3.05) is 25.4 Å². The summed E-state index contributed by atoms with van der Waals surface area (Å²) in [5, 5.41) is 6.76. The molecule has 7 heteroatoms. The van der Waals surface area contributed by atoms with Gasteiger partial charge in [0.15, 0.2) is 0 Å². The van der Waals surface area contributed by atoms with Crippen LogP contribution in [0.2, 0.25) is 0 Å². The molecular formula is C11H25N2O3PS. The molecule has 1 saturated carbocycles. The standard InChI is InChI=1S/C11H25N2O3PS/c14-17(15,16)18-10-9-12-7-4-8-13-11-5-2-1-3-6-11/h11-13H,1-10H2,(H2,14,15,16). The van der Waals surface area contributed by atoms with E-state index in [4.69, 9.17) is 9.79 Å². The van der Waals surface area contributed by atoms with E-state index in [9.17, 15) is 4.57 Å².